The molecule has 3 N–H and O–H groups in total. The maximum atomic E-state index is 12.4. The predicted octanol–water partition coefficient (Wildman–Crippen LogP) is 1.54. The molecular weight excluding hydrogens is 328 g/mol. The normalized spacial score (nSPS) is 14.4. The Kier molecular flexibility index (Phi) is 6.25. The van der Waals surface area contributed by atoms with E-state index in [1.165, 1.54) is 0 Å². The summed E-state index contributed by atoms with van der Waals surface area (Å²) in [5, 5.41) is 4.04. The highest BCUT2D eigenvalue weighted by Gasteiger charge is 2.24. The molecule has 0 radical (unpaired) electrons. The van der Waals surface area contributed by atoms with Crippen molar-refractivity contribution in [1.29, 1.82) is 0 Å². The predicted molar refractivity (Wildman–Crippen MR) is 96.1 cm³/mol. The second-order valence-electron chi connectivity index (χ2n) is 5.23. The lowest BCUT2D eigenvalue weighted by molar-refractivity contribution is -0.122. The molecule has 0 aromatic heterocycles. The molecular formula is C16H20N4O3S. The Morgan fingerprint density at radius 2 is 1.92 bits per heavy atom. The second-order valence-corrected chi connectivity index (χ2v) is 5.67. The number of nitrogens with one attached hydrogen (secondary N) is 1. The summed E-state index contributed by atoms with van der Waals surface area (Å²) in [5.74, 6) is -0.656. The van der Waals surface area contributed by atoms with Crippen LogP contribution in [0.4, 0.5) is 5.69 Å². The van der Waals surface area contributed by atoms with Crippen molar-refractivity contribution in [2.45, 2.75) is 19.8 Å². The van der Waals surface area contributed by atoms with E-state index in [0.717, 1.165) is 12.8 Å². The maximum absolute atomic E-state index is 12.4. The Labute approximate surface area is 145 Å². The van der Waals surface area contributed by atoms with Crippen LogP contribution in [0.25, 0.3) is 0 Å². The number of carbonyl (C=O) groups excluding carboxylic acids is 2. The van der Waals surface area contributed by atoms with Gasteiger partial charge < -0.3 is 15.4 Å². The van der Waals surface area contributed by atoms with E-state index in [9.17, 15) is 9.59 Å². The zero-order valence-corrected chi connectivity index (χ0v) is 14.3. The summed E-state index contributed by atoms with van der Waals surface area (Å²) in [7, 11) is 0. The number of thiocarbonyl (C=S) groups is 1. The molecule has 1 amide bonds. The number of hydrazone groups is 1. The maximum Gasteiger partial charge on any atom is 0.338 e. The molecule has 0 saturated carbocycles. The first-order valence-corrected chi connectivity index (χ1v) is 8.13. The van der Waals surface area contributed by atoms with Crippen molar-refractivity contribution >= 4 is 40.5 Å². The average molecular weight is 348 g/mol. The summed E-state index contributed by atoms with van der Waals surface area (Å²) >= 11 is 4.93. The van der Waals surface area contributed by atoms with Crippen LogP contribution in [0.2, 0.25) is 0 Å². The molecule has 8 heteroatoms. The number of nitrogens with zero attached hydrogens (tertiary/aromatic N) is 2. The van der Waals surface area contributed by atoms with Crippen LogP contribution >= 0.6 is 12.2 Å². The number of hydrogen-bond donors (Lipinski definition) is 2. The van der Waals surface area contributed by atoms with Crippen LogP contribution in [-0.2, 0) is 9.53 Å². The number of nitrogens with two attached hydrogens (primary N) is 1. The SMILES string of the molecule is CCOC(=O)c1ccc(NN=C(C(=O)N2CCCC2)C(N)=S)cc1. The molecule has 0 atom stereocenters. The first kappa shape index (κ1) is 17.9. The minimum atomic E-state index is -0.388. The summed E-state index contributed by atoms with van der Waals surface area (Å²) in [6.45, 7) is 3.44. The van der Waals surface area contributed by atoms with Crippen molar-refractivity contribution in [2.75, 3.05) is 25.1 Å². The molecule has 1 aliphatic heterocycles. The Bertz CT molecular complexity index is 652. The fourth-order valence-electron chi connectivity index (χ4n) is 2.29. The highest BCUT2D eigenvalue weighted by molar-refractivity contribution is 7.82. The van der Waals surface area contributed by atoms with Crippen LogP contribution in [0.15, 0.2) is 29.4 Å². The number of rotatable bonds is 6. The molecule has 0 spiro atoms. The van der Waals surface area contributed by atoms with Crippen LogP contribution in [-0.4, -0.2) is 47.2 Å². The standard InChI is InChI=1S/C16H20N4O3S/c1-2-23-16(22)11-5-7-12(8-6-11)18-19-13(14(17)24)15(21)20-9-3-4-10-20/h5-8,18H,2-4,9-10H2,1H3,(H2,17,24). The van der Waals surface area contributed by atoms with Gasteiger partial charge in [0, 0.05) is 13.1 Å². The van der Waals surface area contributed by atoms with E-state index in [-0.39, 0.29) is 22.6 Å². The lowest BCUT2D eigenvalue weighted by atomic mass is 10.2. The molecule has 128 valence electrons. The first-order chi connectivity index (χ1) is 11.5. The van der Waals surface area contributed by atoms with Gasteiger partial charge in [0.2, 0.25) is 0 Å². The van der Waals surface area contributed by atoms with Gasteiger partial charge in [-0.05, 0) is 44.0 Å². The lowest BCUT2D eigenvalue weighted by Crippen LogP contribution is -2.40. The van der Waals surface area contributed by atoms with Crippen molar-refractivity contribution in [3.05, 3.63) is 29.8 Å². The third-order valence-corrected chi connectivity index (χ3v) is 3.72. The second kappa shape index (κ2) is 8.39. The zero-order valence-electron chi connectivity index (χ0n) is 13.4. The third kappa shape index (κ3) is 4.51. The van der Waals surface area contributed by atoms with Crippen molar-refractivity contribution in [1.82, 2.24) is 4.90 Å². The molecule has 1 heterocycles. The summed E-state index contributed by atoms with van der Waals surface area (Å²) in [4.78, 5) is 25.6. The Morgan fingerprint density at radius 1 is 1.29 bits per heavy atom. The molecule has 1 aliphatic rings. The summed E-state index contributed by atoms with van der Waals surface area (Å²) in [6, 6.07) is 6.54. The van der Waals surface area contributed by atoms with E-state index in [1.807, 2.05) is 0 Å². The van der Waals surface area contributed by atoms with E-state index in [1.54, 1.807) is 36.1 Å². The van der Waals surface area contributed by atoms with Gasteiger partial charge in [0.05, 0.1) is 17.9 Å². The topological polar surface area (TPSA) is 97.0 Å². The van der Waals surface area contributed by atoms with Crippen LogP contribution in [0.5, 0.6) is 0 Å². The molecule has 1 saturated heterocycles. The van der Waals surface area contributed by atoms with Crippen molar-refractivity contribution < 1.29 is 14.3 Å². The number of benzene rings is 1. The van der Waals surface area contributed by atoms with Crippen LogP contribution in [0, 0.1) is 0 Å². The number of ether oxygens (including phenoxy) is 1. The fourth-order valence-corrected chi connectivity index (χ4v) is 2.43. The molecule has 2 rings (SSSR count). The average Bonchev–Trinajstić information content (AvgIpc) is 3.10. The van der Waals surface area contributed by atoms with Crippen molar-refractivity contribution in [2.24, 2.45) is 10.8 Å². The summed E-state index contributed by atoms with van der Waals surface area (Å²) in [5.41, 5.74) is 9.44. The first-order valence-electron chi connectivity index (χ1n) is 7.73. The van der Waals surface area contributed by atoms with E-state index in [4.69, 9.17) is 22.7 Å². The van der Waals surface area contributed by atoms with Gasteiger partial charge in [0.1, 0.15) is 4.99 Å². The number of hydrogen-bond acceptors (Lipinski definition) is 6. The molecule has 1 aromatic carbocycles. The van der Waals surface area contributed by atoms with Crippen LogP contribution in [0.3, 0.4) is 0 Å². The van der Waals surface area contributed by atoms with E-state index >= 15 is 0 Å². The Morgan fingerprint density at radius 3 is 2.46 bits per heavy atom. The molecule has 1 aromatic rings. The highest BCUT2D eigenvalue weighted by atomic mass is 32.1. The monoisotopic (exact) mass is 348 g/mol. The van der Waals surface area contributed by atoms with Gasteiger partial charge in [-0.1, -0.05) is 12.2 Å². The van der Waals surface area contributed by atoms with E-state index < -0.39 is 0 Å². The lowest BCUT2D eigenvalue weighted by Gasteiger charge is -2.16. The minimum absolute atomic E-state index is 0.0290. The van der Waals surface area contributed by atoms with Gasteiger partial charge in [-0.3, -0.25) is 10.2 Å². The quantitative estimate of drug-likeness (QED) is 0.350. The smallest absolute Gasteiger partial charge is 0.338 e. The number of anilines is 1. The van der Waals surface area contributed by atoms with Crippen LogP contribution in [0.1, 0.15) is 30.1 Å². The summed E-state index contributed by atoms with van der Waals surface area (Å²) < 4.78 is 4.92. The largest absolute Gasteiger partial charge is 0.462 e. The van der Waals surface area contributed by atoms with Gasteiger partial charge in [-0.15, -0.1) is 0 Å². The zero-order chi connectivity index (χ0) is 17.5. The van der Waals surface area contributed by atoms with Crippen LogP contribution < -0.4 is 11.2 Å². The number of carbonyl (C=O) groups is 2. The summed E-state index contributed by atoms with van der Waals surface area (Å²) in [6.07, 6.45) is 1.94. The molecule has 7 nitrogen and oxygen atoms in total. The molecule has 24 heavy (non-hydrogen) atoms. The molecule has 0 unspecified atom stereocenters. The molecule has 0 bridgehead atoms. The Balaban J connectivity index is 2.07. The van der Waals surface area contributed by atoms with E-state index in [2.05, 4.69) is 10.5 Å². The third-order valence-electron chi connectivity index (χ3n) is 3.52. The van der Waals surface area contributed by atoms with Gasteiger partial charge in [0.25, 0.3) is 5.91 Å². The van der Waals surface area contributed by atoms with Gasteiger partial charge in [0.15, 0.2) is 5.71 Å². The Hall–Kier alpha value is -2.48. The van der Waals surface area contributed by atoms with Gasteiger partial charge in [-0.2, -0.15) is 5.10 Å². The number of esters is 1. The van der Waals surface area contributed by atoms with Crippen molar-refractivity contribution in [3.63, 3.8) is 0 Å². The highest BCUT2D eigenvalue weighted by Crippen LogP contribution is 2.12. The minimum Gasteiger partial charge on any atom is -0.462 e. The fraction of sp³-hybridized carbons (Fsp3) is 0.375. The number of amides is 1. The van der Waals surface area contributed by atoms with Crippen molar-refractivity contribution in [3.8, 4) is 0 Å². The number of likely N-dealkylation sites (tertiary alicyclic amines) is 1. The molecule has 0 aliphatic carbocycles. The van der Waals surface area contributed by atoms with Gasteiger partial charge in [-0.25, -0.2) is 4.79 Å². The van der Waals surface area contributed by atoms with Gasteiger partial charge >= 0.3 is 5.97 Å². The van der Waals surface area contributed by atoms with E-state index in [0.29, 0.717) is 30.9 Å². The molecule has 1 fully saturated rings.